The van der Waals surface area contributed by atoms with Gasteiger partial charge in [0.05, 0.1) is 4.92 Å². The standard InChI is InChI=1S/C18H21N3O2/c22-21(23)17-12-5-13-19-18(17)20-14-6-11-16(20)10-4-9-15-7-2-1-3-8-15/h1-3,5,7-8,12-13,16H,4,6,9-11,14H2. The number of benzene rings is 1. The molecule has 1 aliphatic rings. The van der Waals surface area contributed by atoms with Crippen LogP contribution in [-0.4, -0.2) is 22.5 Å². The Labute approximate surface area is 136 Å². The lowest BCUT2D eigenvalue weighted by Gasteiger charge is -2.25. The number of nitro groups is 1. The van der Waals surface area contributed by atoms with Crippen LogP contribution in [-0.2, 0) is 6.42 Å². The van der Waals surface area contributed by atoms with Crippen molar-refractivity contribution in [2.75, 3.05) is 11.4 Å². The molecule has 5 heteroatoms. The van der Waals surface area contributed by atoms with Crippen LogP contribution in [0.4, 0.5) is 11.5 Å². The molecule has 2 heterocycles. The minimum atomic E-state index is -0.332. The Morgan fingerprint density at radius 1 is 1.22 bits per heavy atom. The molecule has 0 aliphatic carbocycles. The predicted molar refractivity (Wildman–Crippen MR) is 90.6 cm³/mol. The van der Waals surface area contributed by atoms with E-state index in [2.05, 4.69) is 34.1 Å². The highest BCUT2D eigenvalue weighted by Gasteiger charge is 2.30. The van der Waals surface area contributed by atoms with E-state index in [0.29, 0.717) is 11.9 Å². The van der Waals surface area contributed by atoms with Gasteiger partial charge in [0.15, 0.2) is 0 Å². The smallest absolute Gasteiger partial charge is 0.311 e. The molecule has 0 saturated carbocycles. The summed E-state index contributed by atoms with van der Waals surface area (Å²) in [5, 5.41) is 11.2. The maximum atomic E-state index is 11.2. The quantitative estimate of drug-likeness (QED) is 0.598. The number of pyridine rings is 1. The van der Waals surface area contributed by atoms with Crippen LogP contribution in [0.1, 0.15) is 31.2 Å². The van der Waals surface area contributed by atoms with Gasteiger partial charge in [0, 0.05) is 24.8 Å². The molecule has 1 atom stereocenters. The zero-order chi connectivity index (χ0) is 16.1. The largest absolute Gasteiger partial charge is 0.348 e. The van der Waals surface area contributed by atoms with Crippen LogP contribution in [0.3, 0.4) is 0 Å². The molecule has 0 radical (unpaired) electrons. The lowest BCUT2D eigenvalue weighted by atomic mass is 10.0. The third-order valence-electron chi connectivity index (χ3n) is 4.46. The molecule has 1 fully saturated rings. The first-order valence-electron chi connectivity index (χ1n) is 8.15. The lowest BCUT2D eigenvalue weighted by Crippen LogP contribution is -2.30. The van der Waals surface area contributed by atoms with Crippen molar-refractivity contribution in [1.82, 2.24) is 4.98 Å². The Kier molecular flexibility index (Phi) is 4.86. The summed E-state index contributed by atoms with van der Waals surface area (Å²) in [6.07, 6.45) is 6.98. The lowest BCUT2D eigenvalue weighted by molar-refractivity contribution is -0.384. The van der Waals surface area contributed by atoms with E-state index in [9.17, 15) is 10.1 Å². The normalized spacial score (nSPS) is 17.4. The first kappa shape index (κ1) is 15.5. The highest BCUT2D eigenvalue weighted by atomic mass is 16.6. The average Bonchev–Trinajstić information content (AvgIpc) is 3.04. The van der Waals surface area contributed by atoms with Crippen molar-refractivity contribution in [2.24, 2.45) is 0 Å². The van der Waals surface area contributed by atoms with Crippen LogP contribution < -0.4 is 4.90 Å². The Bertz CT molecular complexity index is 660. The molecule has 1 aromatic heterocycles. The summed E-state index contributed by atoms with van der Waals surface area (Å²) in [5.41, 5.74) is 1.46. The van der Waals surface area contributed by atoms with Crippen molar-refractivity contribution < 1.29 is 4.92 Å². The summed E-state index contributed by atoms with van der Waals surface area (Å²) in [7, 11) is 0. The van der Waals surface area contributed by atoms with Crippen LogP contribution in [0, 0.1) is 10.1 Å². The SMILES string of the molecule is O=[N+]([O-])c1cccnc1N1CCCC1CCCc1ccccc1. The average molecular weight is 311 g/mol. The Hall–Kier alpha value is -2.43. The zero-order valence-electron chi connectivity index (χ0n) is 13.1. The molecule has 23 heavy (non-hydrogen) atoms. The fourth-order valence-corrected chi connectivity index (χ4v) is 3.35. The van der Waals surface area contributed by atoms with Crippen LogP contribution >= 0.6 is 0 Å². The molecule has 3 rings (SSSR count). The molecule has 1 unspecified atom stereocenters. The second-order valence-electron chi connectivity index (χ2n) is 5.97. The molecule has 1 aliphatic heterocycles. The summed E-state index contributed by atoms with van der Waals surface area (Å²) >= 11 is 0. The number of aryl methyl sites for hydroxylation is 1. The highest BCUT2D eigenvalue weighted by Crippen LogP contribution is 2.32. The Balaban J connectivity index is 1.65. The van der Waals surface area contributed by atoms with Gasteiger partial charge < -0.3 is 4.90 Å². The molecule has 120 valence electrons. The van der Waals surface area contributed by atoms with Gasteiger partial charge in [0.1, 0.15) is 0 Å². The molecule has 0 spiro atoms. The fraction of sp³-hybridized carbons (Fsp3) is 0.389. The van der Waals surface area contributed by atoms with Crippen molar-refractivity contribution >= 4 is 11.5 Å². The van der Waals surface area contributed by atoms with Crippen molar-refractivity contribution in [3.05, 3.63) is 64.3 Å². The third-order valence-corrected chi connectivity index (χ3v) is 4.46. The molecule has 1 saturated heterocycles. The van der Waals surface area contributed by atoms with E-state index in [1.807, 2.05) is 6.07 Å². The fourth-order valence-electron chi connectivity index (χ4n) is 3.35. The predicted octanol–water partition coefficient (Wildman–Crippen LogP) is 3.98. The monoisotopic (exact) mass is 311 g/mol. The molecule has 0 bridgehead atoms. The van der Waals surface area contributed by atoms with E-state index in [4.69, 9.17) is 0 Å². The van der Waals surface area contributed by atoms with Crippen LogP contribution in [0.2, 0.25) is 0 Å². The van der Waals surface area contributed by atoms with Gasteiger partial charge in [-0.3, -0.25) is 10.1 Å². The van der Waals surface area contributed by atoms with Crippen molar-refractivity contribution in [3.63, 3.8) is 0 Å². The first-order chi connectivity index (χ1) is 11.3. The van der Waals surface area contributed by atoms with E-state index in [-0.39, 0.29) is 10.6 Å². The molecular formula is C18H21N3O2. The van der Waals surface area contributed by atoms with Crippen molar-refractivity contribution in [2.45, 2.75) is 38.1 Å². The number of rotatable bonds is 6. The van der Waals surface area contributed by atoms with Gasteiger partial charge in [-0.15, -0.1) is 0 Å². The minimum absolute atomic E-state index is 0.113. The Morgan fingerprint density at radius 2 is 2.04 bits per heavy atom. The summed E-state index contributed by atoms with van der Waals surface area (Å²) in [6.45, 7) is 0.855. The maximum Gasteiger partial charge on any atom is 0.311 e. The van der Waals surface area contributed by atoms with Gasteiger partial charge in [-0.1, -0.05) is 30.3 Å². The van der Waals surface area contributed by atoms with Gasteiger partial charge in [-0.2, -0.15) is 0 Å². The topological polar surface area (TPSA) is 59.3 Å². The van der Waals surface area contributed by atoms with E-state index >= 15 is 0 Å². The molecule has 0 N–H and O–H groups in total. The number of nitrogens with zero attached hydrogens (tertiary/aromatic N) is 3. The second kappa shape index (κ2) is 7.22. The first-order valence-corrected chi connectivity index (χ1v) is 8.15. The molecule has 5 nitrogen and oxygen atoms in total. The Morgan fingerprint density at radius 3 is 2.83 bits per heavy atom. The van der Waals surface area contributed by atoms with Gasteiger partial charge >= 0.3 is 5.69 Å². The van der Waals surface area contributed by atoms with Gasteiger partial charge in [0.2, 0.25) is 5.82 Å². The molecular weight excluding hydrogens is 290 g/mol. The number of aromatic nitrogens is 1. The summed E-state index contributed by atoms with van der Waals surface area (Å²) in [4.78, 5) is 17.3. The van der Waals surface area contributed by atoms with E-state index in [0.717, 1.165) is 38.6 Å². The number of hydrogen-bond acceptors (Lipinski definition) is 4. The maximum absolute atomic E-state index is 11.2. The number of hydrogen-bond donors (Lipinski definition) is 0. The second-order valence-corrected chi connectivity index (χ2v) is 5.97. The van der Waals surface area contributed by atoms with E-state index in [1.54, 1.807) is 18.3 Å². The number of anilines is 1. The van der Waals surface area contributed by atoms with Gasteiger partial charge in [-0.05, 0) is 43.7 Å². The van der Waals surface area contributed by atoms with Gasteiger partial charge in [0.25, 0.3) is 0 Å². The summed E-state index contributed by atoms with van der Waals surface area (Å²) < 4.78 is 0. The zero-order valence-corrected chi connectivity index (χ0v) is 13.1. The van der Waals surface area contributed by atoms with Crippen molar-refractivity contribution in [1.29, 1.82) is 0 Å². The van der Waals surface area contributed by atoms with E-state index < -0.39 is 0 Å². The van der Waals surface area contributed by atoms with E-state index in [1.165, 1.54) is 5.56 Å². The third kappa shape index (κ3) is 3.67. The van der Waals surface area contributed by atoms with Crippen LogP contribution in [0.25, 0.3) is 0 Å². The summed E-state index contributed by atoms with van der Waals surface area (Å²) in [5.74, 6) is 0.528. The highest BCUT2D eigenvalue weighted by molar-refractivity contribution is 5.58. The molecule has 2 aromatic rings. The molecule has 0 amide bonds. The van der Waals surface area contributed by atoms with Crippen molar-refractivity contribution in [3.8, 4) is 0 Å². The molecule has 1 aromatic carbocycles. The van der Waals surface area contributed by atoms with Crippen LogP contribution in [0.15, 0.2) is 48.7 Å². The summed E-state index contributed by atoms with van der Waals surface area (Å²) in [6, 6.07) is 14.0. The minimum Gasteiger partial charge on any atom is -0.348 e. The van der Waals surface area contributed by atoms with Crippen LogP contribution in [0.5, 0.6) is 0 Å². The van der Waals surface area contributed by atoms with Gasteiger partial charge in [-0.25, -0.2) is 4.98 Å².